The van der Waals surface area contributed by atoms with Crippen LogP contribution in [-0.2, 0) is 0 Å². The van der Waals surface area contributed by atoms with Gasteiger partial charge in [-0.3, -0.25) is 0 Å². The number of nitrogens with two attached hydrogens (primary N) is 1. The quantitative estimate of drug-likeness (QED) is 0.839. The van der Waals surface area contributed by atoms with Crippen LogP contribution in [0.2, 0.25) is 0 Å². The lowest BCUT2D eigenvalue weighted by Crippen LogP contribution is -2.36. The van der Waals surface area contributed by atoms with E-state index < -0.39 is 0 Å². The summed E-state index contributed by atoms with van der Waals surface area (Å²) in [4.78, 5) is 3.93. The molecule has 0 radical (unpaired) electrons. The molecule has 0 spiro atoms. The normalized spacial score (nSPS) is 18.3. The Labute approximate surface area is 122 Å². The highest BCUT2D eigenvalue weighted by Gasteiger charge is 2.26. The average molecular weight is 297 g/mol. The van der Waals surface area contributed by atoms with Crippen molar-refractivity contribution in [2.75, 3.05) is 30.0 Å². The summed E-state index contributed by atoms with van der Waals surface area (Å²) in [7, 11) is 0. The van der Waals surface area contributed by atoms with Crippen LogP contribution >= 0.6 is 23.1 Å². The molecule has 2 heterocycles. The van der Waals surface area contributed by atoms with E-state index in [1.54, 1.807) is 11.8 Å². The molecule has 1 aliphatic heterocycles. The number of nitriles is 1. The smallest absolute Gasteiger partial charge is 0.131 e. The van der Waals surface area contributed by atoms with Crippen LogP contribution in [0.1, 0.15) is 24.6 Å². The van der Waals surface area contributed by atoms with Gasteiger partial charge in [-0.05, 0) is 31.9 Å². The minimum atomic E-state index is -0.231. The molecule has 19 heavy (non-hydrogen) atoms. The molecule has 0 amide bonds. The van der Waals surface area contributed by atoms with Crippen molar-refractivity contribution in [3.63, 3.8) is 0 Å². The number of thioether (sulfide) groups is 1. The number of piperidine rings is 1. The van der Waals surface area contributed by atoms with Crippen molar-refractivity contribution in [3.8, 4) is 6.07 Å². The number of nitrogen functional groups attached to an aromatic ring is 1. The second-order valence-electron chi connectivity index (χ2n) is 4.86. The number of nitrogens with zero attached hydrogens (tertiary/aromatic N) is 2. The van der Waals surface area contributed by atoms with Gasteiger partial charge >= 0.3 is 0 Å². The zero-order chi connectivity index (χ0) is 14.0. The van der Waals surface area contributed by atoms with Crippen LogP contribution in [-0.4, -0.2) is 30.6 Å². The Kier molecular flexibility index (Phi) is 4.61. The average Bonchev–Trinajstić information content (AvgIpc) is 2.75. The first kappa shape index (κ1) is 14.5. The van der Waals surface area contributed by atoms with Gasteiger partial charge in [-0.1, -0.05) is 0 Å². The number of hydrogen-bond acceptors (Lipinski definition) is 6. The molecule has 0 bridgehead atoms. The molecule has 2 rings (SSSR count). The van der Waals surface area contributed by atoms with Gasteiger partial charge in [-0.15, -0.1) is 23.1 Å². The van der Waals surface area contributed by atoms with Crippen LogP contribution in [0.3, 0.4) is 0 Å². The fraction of sp³-hybridized carbons (Fsp3) is 0.615. The van der Waals surface area contributed by atoms with E-state index >= 15 is 0 Å². The first-order chi connectivity index (χ1) is 9.08. The Bertz CT molecular complexity index is 485. The van der Waals surface area contributed by atoms with Crippen molar-refractivity contribution in [2.45, 2.75) is 30.8 Å². The first-order valence-corrected chi connectivity index (χ1v) is 8.42. The van der Waals surface area contributed by atoms with Crippen molar-refractivity contribution >= 4 is 33.8 Å². The summed E-state index contributed by atoms with van der Waals surface area (Å²) in [5, 5.41) is 19.8. The van der Waals surface area contributed by atoms with E-state index in [9.17, 15) is 5.11 Å². The molecular formula is C13H19N3OS2. The van der Waals surface area contributed by atoms with Gasteiger partial charge < -0.3 is 15.7 Å². The fourth-order valence-electron chi connectivity index (χ4n) is 2.49. The van der Waals surface area contributed by atoms with Crippen molar-refractivity contribution in [2.24, 2.45) is 5.92 Å². The molecule has 0 saturated carbocycles. The third-order valence-corrected chi connectivity index (χ3v) is 5.82. The second kappa shape index (κ2) is 6.04. The molecule has 1 aromatic heterocycles. The van der Waals surface area contributed by atoms with Gasteiger partial charge in [0.25, 0.3) is 0 Å². The fourth-order valence-corrected chi connectivity index (χ4v) is 4.52. The van der Waals surface area contributed by atoms with Crippen molar-refractivity contribution < 1.29 is 5.11 Å². The van der Waals surface area contributed by atoms with E-state index in [0.29, 0.717) is 16.5 Å². The first-order valence-electron chi connectivity index (χ1n) is 6.37. The molecule has 3 N–H and O–H groups in total. The largest absolute Gasteiger partial charge is 0.396 e. The molecule has 1 fully saturated rings. The lowest BCUT2D eigenvalue weighted by molar-refractivity contribution is 0.110. The molecule has 6 heteroatoms. The molecule has 1 saturated heterocycles. The molecule has 0 aliphatic carbocycles. The highest BCUT2D eigenvalue weighted by Crippen LogP contribution is 2.44. The van der Waals surface area contributed by atoms with Gasteiger partial charge in [0, 0.05) is 13.1 Å². The third kappa shape index (κ3) is 2.83. The molecule has 1 aromatic rings. The van der Waals surface area contributed by atoms with Gasteiger partial charge in [-0.2, -0.15) is 5.26 Å². The van der Waals surface area contributed by atoms with E-state index in [1.165, 1.54) is 11.3 Å². The van der Waals surface area contributed by atoms with E-state index in [2.05, 4.69) is 11.0 Å². The number of aliphatic hydroxyl groups excluding tert-OH is 1. The van der Waals surface area contributed by atoms with Gasteiger partial charge in [0.2, 0.25) is 0 Å². The third-order valence-electron chi connectivity index (χ3n) is 3.70. The van der Waals surface area contributed by atoms with E-state index in [0.717, 1.165) is 35.8 Å². The second-order valence-corrected chi connectivity index (χ2v) is 6.68. The minimum Gasteiger partial charge on any atom is -0.396 e. The van der Waals surface area contributed by atoms with Gasteiger partial charge in [0.05, 0.1) is 16.7 Å². The van der Waals surface area contributed by atoms with Crippen LogP contribution in [0.25, 0.3) is 0 Å². The minimum absolute atomic E-state index is 0.231. The summed E-state index contributed by atoms with van der Waals surface area (Å²) in [6.45, 7) is 3.71. The highest BCUT2D eigenvalue weighted by atomic mass is 32.2. The Balaban J connectivity index is 2.18. The summed E-state index contributed by atoms with van der Waals surface area (Å²) in [6.07, 6.45) is 3.74. The van der Waals surface area contributed by atoms with Crippen molar-refractivity contribution in [3.05, 3.63) is 4.88 Å². The number of anilines is 2. The molecule has 0 aromatic carbocycles. The lowest BCUT2D eigenvalue weighted by Gasteiger charge is -2.34. The maximum atomic E-state index is 9.64. The lowest BCUT2D eigenvalue weighted by atomic mass is 9.92. The maximum Gasteiger partial charge on any atom is 0.131 e. The van der Waals surface area contributed by atoms with E-state index in [-0.39, 0.29) is 6.10 Å². The molecule has 4 nitrogen and oxygen atoms in total. The summed E-state index contributed by atoms with van der Waals surface area (Å²) in [5.41, 5.74) is 6.63. The number of thiophene rings is 1. The summed E-state index contributed by atoms with van der Waals surface area (Å²) >= 11 is 3.09. The van der Waals surface area contributed by atoms with Crippen LogP contribution in [0.5, 0.6) is 0 Å². The molecule has 1 atom stereocenters. The predicted molar refractivity (Wildman–Crippen MR) is 81.8 cm³/mol. The van der Waals surface area contributed by atoms with Crippen molar-refractivity contribution in [1.29, 1.82) is 5.26 Å². The molecule has 1 unspecified atom stereocenters. The van der Waals surface area contributed by atoms with Crippen LogP contribution in [0, 0.1) is 17.2 Å². The predicted octanol–water partition coefficient (Wildman–Crippen LogP) is 2.52. The van der Waals surface area contributed by atoms with Crippen LogP contribution in [0.15, 0.2) is 4.90 Å². The van der Waals surface area contributed by atoms with Crippen molar-refractivity contribution in [1.82, 2.24) is 0 Å². The topological polar surface area (TPSA) is 73.3 Å². The Hall–Kier alpha value is -0.900. The van der Waals surface area contributed by atoms with Gasteiger partial charge in [0.15, 0.2) is 0 Å². The number of rotatable bonds is 3. The Morgan fingerprint density at radius 3 is 2.63 bits per heavy atom. The van der Waals surface area contributed by atoms with Crippen LogP contribution < -0.4 is 10.6 Å². The van der Waals surface area contributed by atoms with Crippen LogP contribution in [0.4, 0.5) is 10.7 Å². The Morgan fingerprint density at radius 2 is 2.16 bits per heavy atom. The Morgan fingerprint density at radius 1 is 1.53 bits per heavy atom. The maximum absolute atomic E-state index is 9.64. The summed E-state index contributed by atoms with van der Waals surface area (Å²) < 4.78 is 0. The highest BCUT2D eigenvalue weighted by molar-refractivity contribution is 7.99. The SMILES string of the molecule is CSc1c(N2CCC(C(C)O)CC2)sc(C#N)c1N. The monoisotopic (exact) mass is 297 g/mol. The van der Waals surface area contributed by atoms with Gasteiger partial charge in [-0.25, -0.2) is 0 Å². The number of hydrogen-bond donors (Lipinski definition) is 2. The number of aliphatic hydroxyl groups is 1. The van der Waals surface area contributed by atoms with Gasteiger partial charge in [0.1, 0.15) is 15.9 Å². The zero-order valence-electron chi connectivity index (χ0n) is 11.2. The summed E-state index contributed by atoms with van der Waals surface area (Å²) in [5.74, 6) is 0.390. The molecule has 104 valence electrons. The zero-order valence-corrected chi connectivity index (χ0v) is 12.9. The van der Waals surface area contributed by atoms with E-state index in [4.69, 9.17) is 11.0 Å². The molecular weight excluding hydrogens is 278 g/mol. The summed E-state index contributed by atoms with van der Waals surface area (Å²) in [6, 6.07) is 2.17. The standard InChI is InChI=1S/C13H19N3OS2/c1-8(17)9-3-5-16(6-4-9)13-12(18-2)11(15)10(7-14)19-13/h8-9,17H,3-6,15H2,1-2H3. The van der Waals surface area contributed by atoms with E-state index in [1.807, 2.05) is 13.2 Å². The molecule has 1 aliphatic rings.